The van der Waals surface area contributed by atoms with Crippen LogP contribution in [0.4, 0.5) is 4.39 Å². The fraction of sp³-hybridized carbons (Fsp3) is 0.462. The SMILES string of the molecule is CC(=O)CC(C)(C)c1cc(C)cc(F)c1. The second kappa shape index (κ2) is 4.13. The van der Waals surface area contributed by atoms with Gasteiger partial charge in [-0.05, 0) is 42.5 Å². The minimum atomic E-state index is -0.293. The molecule has 0 saturated heterocycles. The molecule has 1 aromatic carbocycles. The maximum absolute atomic E-state index is 13.2. The molecule has 0 amide bonds. The molecule has 0 unspecified atom stereocenters. The first kappa shape index (κ1) is 11.9. The Morgan fingerprint density at radius 3 is 2.40 bits per heavy atom. The van der Waals surface area contributed by atoms with Crippen LogP contribution in [0.5, 0.6) is 0 Å². The van der Waals surface area contributed by atoms with E-state index in [2.05, 4.69) is 0 Å². The number of carbonyl (C=O) groups excluding carboxylic acids is 1. The summed E-state index contributed by atoms with van der Waals surface area (Å²) in [7, 11) is 0. The molecular weight excluding hydrogens is 191 g/mol. The van der Waals surface area contributed by atoms with E-state index in [4.69, 9.17) is 0 Å². The van der Waals surface area contributed by atoms with E-state index in [1.165, 1.54) is 12.1 Å². The monoisotopic (exact) mass is 208 g/mol. The zero-order chi connectivity index (χ0) is 11.6. The van der Waals surface area contributed by atoms with Gasteiger partial charge in [0.05, 0.1) is 0 Å². The minimum Gasteiger partial charge on any atom is -0.300 e. The Morgan fingerprint density at radius 1 is 1.33 bits per heavy atom. The van der Waals surface area contributed by atoms with E-state index in [1.54, 1.807) is 6.92 Å². The Kier molecular flexibility index (Phi) is 3.28. The number of hydrogen-bond acceptors (Lipinski definition) is 1. The maximum atomic E-state index is 13.2. The topological polar surface area (TPSA) is 17.1 Å². The molecule has 0 aliphatic heterocycles. The average molecular weight is 208 g/mol. The van der Waals surface area contributed by atoms with Crippen molar-refractivity contribution >= 4 is 5.78 Å². The number of aryl methyl sites for hydroxylation is 1. The van der Waals surface area contributed by atoms with Gasteiger partial charge in [-0.15, -0.1) is 0 Å². The lowest BCUT2D eigenvalue weighted by atomic mass is 9.80. The molecule has 1 rings (SSSR count). The maximum Gasteiger partial charge on any atom is 0.130 e. The van der Waals surface area contributed by atoms with Crippen molar-refractivity contribution in [2.75, 3.05) is 0 Å². The molecule has 0 atom stereocenters. The quantitative estimate of drug-likeness (QED) is 0.744. The molecule has 0 bridgehead atoms. The highest BCUT2D eigenvalue weighted by atomic mass is 19.1. The van der Waals surface area contributed by atoms with Crippen molar-refractivity contribution in [2.45, 2.75) is 39.5 Å². The highest BCUT2D eigenvalue weighted by Crippen LogP contribution is 2.28. The van der Waals surface area contributed by atoms with Gasteiger partial charge >= 0.3 is 0 Å². The predicted molar refractivity (Wildman–Crippen MR) is 59.5 cm³/mol. The van der Waals surface area contributed by atoms with Crippen molar-refractivity contribution < 1.29 is 9.18 Å². The third kappa shape index (κ3) is 3.15. The third-order valence-corrected chi connectivity index (χ3v) is 2.51. The fourth-order valence-electron chi connectivity index (χ4n) is 1.85. The van der Waals surface area contributed by atoms with Crippen molar-refractivity contribution in [3.8, 4) is 0 Å². The highest BCUT2D eigenvalue weighted by Gasteiger charge is 2.23. The Bertz CT molecular complexity index is 360. The fourth-order valence-corrected chi connectivity index (χ4v) is 1.85. The molecule has 0 aliphatic rings. The molecule has 82 valence electrons. The highest BCUT2D eigenvalue weighted by molar-refractivity contribution is 5.77. The van der Waals surface area contributed by atoms with Crippen LogP contribution < -0.4 is 0 Å². The normalized spacial score (nSPS) is 11.5. The number of benzene rings is 1. The van der Waals surface area contributed by atoms with Gasteiger partial charge in [-0.3, -0.25) is 4.79 Å². The van der Waals surface area contributed by atoms with Crippen molar-refractivity contribution in [2.24, 2.45) is 0 Å². The summed E-state index contributed by atoms with van der Waals surface area (Å²) in [6, 6.07) is 4.94. The van der Waals surface area contributed by atoms with Crippen molar-refractivity contribution in [1.82, 2.24) is 0 Å². The average Bonchev–Trinajstić information content (AvgIpc) is 1.99. The molecule has 0 spiro atoms. The molecule has 0 aliphatic carbocycles. The summed E-state index contributed by atoms with van der Waals surface area (Å²) in [4.78, 5) is 11.1. The van der Waals surface area contributed by atoms with Gasteiger partial charge in [-0.1, -0.05) is 19.9 Å². The van der Waals surface area contributed by atoms with Crippen LogP contribution in [0, 0.1) is 12.7 Å². The zero-order valence-corrected chi connectivity index (χ0v) is 9.73. The summed E-state index contributed by atoms with van der Waals surface area (Å²) < 4.78 is 13.2. The molecule has 1 aromatic rings. The zero-order valence-electron chi connectivity index (χ0n) is 9.73. The van der Waals surface area contributed by atoms with Gasteiger partial charge in [0.25, 0.3) is 0 Å². The molecule has 0 fully saturated rings. The third-order valence-electron chi connectivity index (χ3n) is 2.51. The second-order valence-corrected chi connectivity index (χ2v) is 4.78. The number of carbonyl (C=O) groups is 1. The van der Waals surface area contributed by atoms with E-state index in [1.807, 2.05) is 26.8 Å². The first-order chi connectivity index (χ1) is 6.81. The van der Waals surface area contributed by atoms with Crippen LogP contribution in [0.2, 0.25) is 0 Å². The van der Waals surface area contributed by atoms with E-state index in [0.29, 0.717) is 6.42 Å². The van der Waals surface area contributed by atoms with Crippen LogP contribution in [0.1, 0.15) is 38.3 Å². The lowest BCUT2D eigenvalue weighted by Gasteiger charge is -2.24. The Labute approximate surface area is 90.3 Å². The van der Waals surface area contributed by atoms with E-state index in [0.717, 1.165) is 11.1 Å². The number of halogens is 1. The van der Waals surface area contributed by atoms with Crippen LogP contribution in [-0.2, 0) is 10.2 Å². The van der Waals surface area contributed by atoms with Gasteiger partial charge in [0, 0.05) is 6.42 Å². The Hall–Kier alpha value is -1.18. The molecule has 1 nitrogen and oxygen atoms in total. The standard InChI is InChI=1S/C13H17FO/c1-9-5-11(7-12(14)6-9)13(3,4)8-10(2)15/h5-7H,8H2,1-4H3. The van der Waals surface area contributed by atoms with Crippen LogP contribution in [0.25, 0.3) is 0 Å². The van der Waals surface area contributed by atoms with Gasteiger partial charge < -0.3 is 0 Å². The van der Waals surface area contributed by atoms with E-state index < -0.39 is 0 Å². The van der Waals surface area contributed by atoms with Gasteiger partial charge in [0.2, 0.25) is 0 Å². The molecule has 15 heavy (non-hydrogen) atoms. The first-order valence-corrected chi connectivity index (χ1v) is 5.08. The summed E-state index contributed by atoms with van der Waals surface area (Å²) in [5.41, 5.74) is 1.48. The van der Waals surface area contributed by atoms with Gasteiger partial charge in [-0.2, -0.15) is 0 Å². The Morgan fingerprint density at radius 2 is 1.93 bits per heavy atom. The van der Waals surface area contributed by atoms with E-state index in [-0.39, 0.29) is 17.0 Å². The van der Waals surface area contributed by atoms with Crippen LogP contribution >= 0.6 is 0 Å². The lowest BCUT2D eigenvalue weighted by Crippen LogP contribution is -2.21. The van der Waals surface area contributed by atoms with Crippen LogP contribution in [-0.4, -0.2) is 5.78 Å². The Balaban J connectivity index is 3.08. The summed E-state index contributed by atoms with van der Waals surface area (Å²) in [5, 5.41) is 0. The van der Waals surface area contributed by atoms with Crippen molar-refractivity contribution in [3.63, 3.8) is 0 Å². The predicted octanol–water partition coefficient (Wildman–Crippen LogP) is 3.39. The van der Waals surface area contributed by atoms with Crippen molar-refractivity contribution in [1.29, 1.82) is 0 Å². The number of Topliss-reactive ketones (excluding diaryl/α,β-unsaturated/α-hetero) is 1. The summed E-state index contributed by atoms with van der Waals surface area (Å²) in [6.45, 7) is 7.34. The number of rotatable bonds is 3. The van der Waals surface area contributed by atoms with Crippen molar-refractivity contribution in [3.05, 3.63) is 35.1 Å². The second-order valence-electron chi connectivity index (χ2n) is 4.78. The molecule has 0 N–H and O–H groups in total. The minimum absolute atomic E-state index is 0.127. The molecule has 0 aromatic heterocycles. The molecular formula is C13H17FO. The first-order valence-electron chi connectivity index (χ1n) is 5.08. The largest absolute Gasteiger partial charge is 0.300 e. The molecule has 2 heteroatoms. The number of hydrogen-bond donors (Lipinski definition) is 0. The van der Waals surface area contributed by atoms with Crippen LogP contribution in [0.15, 0.2) is 18.2 Å². The van der Waals surface area contributed by atoms with Gasteiger partial charge in [-0.25, -0.2) is 4.39 Å². The lowest BCUT2D eigenvalue weighted by molar-refractivity contribution is -0.118. The van der Waals surface area contributed by atoms with Crippen LogP contribution in [0.3, 0.4) is 0 Å². The summed E-state index contributed by atoms with van der Waals surface area (Å²) >= 11 is 0. The van der Waals surface area contributed by atoms with E-state index in [9.17, 15) is 9.18 Å². The van der Waals surface area contributed by atoms with Gasteiger partial charge in [0.15, 0.2) is 0 Å². The number of ketones is 1. The summed E-state index contributed by atoms with van der Waals surface area (Å²) in [6.07, 6.45) is 0.440. The molecule has 0 radical (unpaired) electrons. The van der Waals surface area contributed by atoms with Gasteiger partial charge in [0.1, 0.15) is 11.6 Å². The van der Waals surface area contributed by atoms with E-state index >= 15 is 0 Å². The summed E-state index contributed by atoms with van der Waals surface area (Å²) in [5.74, 6) is -0.108. The molecule has 0 heterocycles. The molecule has 0 saturated carbocycles. The smallest absolute Gasteiger partial charge is 0.130 e.